The Kier molecular flexibility index (Phi) is 3.98. The highest BCUT2D eigenvalue weighted by Gasteiger charge is 2.27. The third-order valence-electron chi connectivity index (χ3n) is 3.35. The molecule has 3 atom stereocenters. The van der Waals surface area contributed by atoms with Crippen LogP contribution in [0.4, 0.5) is 0 Å². The average Bonchev–Trinajstić information content (AvgIpc) is 2.50. The fourth-order valence-corrected chi connectivity index (χ4v) is 2.44. The van der Waals surface area contributed by atoms with Gasteiger partial charge in [-0.25, -0.2) is 0 Å². The van der Waals surface area contributed by atoms with E-state index in [9.17, 15) is 0 Å². The molecule has 2 N–H and O–H groups in total. The Morgan fingerprint density at radius 1 is 1.54 bits per heavy atom. The molecule has 1 saturated carbocycles. The summed E-state index contributed by atoms with van der Waals surface area (Å²) in [6.45, 7) is 8.29. The molecule has 0 aromatic carbocycles. The van der Waals surface area contributed by atoms with E-state index in [4.69, 9.17) is 5.73 Å². The lowest BCUT2D eigenvalue weighted by atomic mass is 9.92. The summed E-state index contributed by atoms with van der Waals surface area (Å²) < 4.78 is 0. The monoisotopic (exact) mass is 181 g/mol. The maximum absolute atomic E-state index is 6.14. The molecule has 1 aliphatic carbocycles. The Bertz CT molecular complexity index is 174. The molecule has 0 spiro atoms. The first-order valence-corrected chi connectivity index (χ1v) is 5.53. The van der Waals surface area contributed by atoms with Crippen LogP contribution in [0.2, 0.25) is 0 Å². The van der Waals surface area contributed by atoms with Gasteiger partial charge in [-0.1, -0.05) is 25.3 Å². The average molecular weight is 181 g/mol. The van der Waals surface area contributed by atoms with Crippen molar-refractivity contribution in [2.75, 3.05) is 0 Å². The quantitative estimate of drug-likeness (QED) is 0.663. The van der Waals surface area contributed by atoms with Gasteiger partial charge < -0.3 is 5.73 Å². The van der Waals surface area contributed by atoms with E-state index in [-0.39, 0.29) is 0 Å². The Balaban J connectivity index is 2.32. The molecule has 1 aliphatic rings. The summed E-state index contributed by atoms with van der Waals surface area (Å²) in [6.07, 6.45) is 6.43. The van der Waals surface area contributed by atoms with Crippen LogP contribution in [0.3, 0.4) is 0 Å². The molecule has 13 heavy (non-hydrogen) atoms. The molecule has 0 bridgehead atoms. The Morgan fingerprint density at radius 3 is 2.69 bits per heavy atom. The van der Waals surface area contributed by atoms with Gasteiger partial charge in [-0.05, 0) is 38.0 Å². The summed E-state index contributed by atoms with van der Waals surface area (Å²) in [5.41, 5.74) is 7.37. The van der Waals surface area contributed by atoms with Crippen molar-refractivity contribution >= 4 is 0 Å². The van der Waals surface area contributed by atoms with E-state index in [2.05, 4.69) is 20.4 Å². The molecule has 0 aromatic rings. The molecular weight excluding hydrogens is 158 g/mol. The fraction of sp³-hybridized carbons (Fsp3) is 0.833. The molecule has 0 aromatic heterocycles. The van der Waals surface area contributed by atoms with Gasteiger partial charge >= 0.3 is 0 Å². The molecule has 1 nitrogen and oxygen atoms in total. The van der Waals surface area contributed by atoms with Crippen LogP contribution in [0, 0.1) is 11.8 Å². The second-order valence-electron chi connectivity index (χ2n) is 4.67. The van der Waals surface area contributed by atoms with Crippen molar-refractivity contribution in [3.8, 4) is 0 Å². The predicted molar refractivity (Wildman–Crippen MR) is 58.5 cm³/mol. The van der Waals surface area contributed by atoms with E-state index in [1.165, 1.54) is 31.3 Å². The van der Waals surface area contributed by atoms with Crippen molar-refractivity contribution in [1.82, 2.24) is 0 Å². The van der Waals surface area contributed by atoms with E-state index in [0.717, 1.165) is 18.3 Å². The van der Waals surface area contributed by atoms with E-state index in [1.807, 2.05) is 0 Å². The lowest BCUT2D eigenvalue weighted by Crippen LogP contribution is -2.28. The highest BCUT2D eigenvalue weighted by atomic mass is 14.7. The molecule has 0 radical (unpaired) electrons. The van der Waals surface area contributed by atoms with Gasteiger partial charge in [0.1, 0.15) is 0 Å². The highest BCUT2D eigenvalue weighted by molar-refractivity contribution is 4.95. The maximum Gasteiger partial charge on any atom is 0.0104 e. The van der Waals surface area contributed by atoms with Crippen LogP contribution in [-0.4, -0.2) is 6.04 Å². The van der Waals surface area contributed by atoms with Crippen LogP contribution < -0.4 is 5.73 Å². The SMILES string of the molecule is C=C(C)CC(N)C1CCC(CC)C1. The molecule has 0 saturated heterocycles. The molecular formula is C12H23N. The standard InChI is InChI=1S/C12H23N/c1-4-10-5-6-11(8-10)12(13)7-9(2)3/h10-12H,2,4-8,13H2,1,3H3. The summed E-state index contributed by atoms with van der Waals surface area (Å²) in [6, 6.07) is 0.369. The third kappa shape index (κ3) is 3.15. The lowest BCUT2D eigenvalue weighted by Gasteiger charge is -2.19. The minimum Gasteiger partial charge on any atom is -0.327 e. The Hall–Kier alpha value is -0.300. The maximum atomic E-state index is 6.14. The van der Waals surface area contributed by atoms with Gasteiger partial charge in [0.15, 0.2) is 0 Å². The van der Waals surface area contributed by atoms with E-state index >= 15 is 0 Å². The summed E-state index contributed by atoms with van der Waals surface area (Å²) in [7, 11) is 0. The smallest absolute Gasteiger partial charge is 0.0104 e. The van der Waals surface area contributed by atoms with Gasteiger partial charge in [-0.15, -0.1) is 6.58 Å². The van der Waals surface area contributed by atoms with E-state index in [0.29, 0.717) is 6.04 Å². The Morgan fingerprint density at radius 2 is 2.23 bits per heavy atom. The minimum absolute atomic E-state index is 0.369. The van der Waals surface area contributed by atoms with Crippen LogP contribution in [0.25, 0.3) is 0 Å². The van der Waals surface area contributed by atoms with Gasteiger partial charge in [0, 0.05) is 6.04 Å². The largest absolute Gasteiger partial charge is 0.327 e. The topological polar surface area (TPSA) is 26.0 Å². The zero-order chi connectivity index (χ0) is 9.84. The van der Waals surface area contributed by atoms with E-state index in [1.54, 1.807) is 0 Å². The lowest BCUT2D eigenvalue weighted by molar-refractivity contribution is 0.404. The first-order chi connectivity index (χ1) is 6.13. The normalized spacial score (nSPS) is 30.4. The summed E-state index contributed by atoms with van der Waals surface area (Å²) >= 11 is 0. The van der Waals surface area contributed by atoms with Crippen molar-refractivity contribution < 1.29 is 0 Å². The number of rotatable bonds is 4. The van der Waals surface area contributed by atoms with Crippen LogP contribution >= 0.6 is 0 Å². The van der Waals surface area contributed by atoms with Gasteiger partial charge in [-0.3, -0.25) is 0 Å². The second kappa shape index (κ2) is 4.80. The zero-order valence-electron chi connectivity index (χ0n) is 9.05. The Labute approximate surface area is 82.4 Å². The minimum atomic E-state index is 0.369. The van der Waals surface area contributed by atoms with Crippen LogP contribution in [0.15, 0.2) is 12.2 Å². The fourth-order valence-electron chi connectivity index (χ4n) is 2.44. The first kappa shape index (κ1) is 10.8. The molecule has 1 rings (SSSR count). The summed E-state index contributed by atoms with van der Waals surface area (Å²) in [4.78, 5) is 0. The van der Waals surface area contributed by atoms with Crippen molar-refractivity contribution in [3.05, 3.63) is 12.2 Å². The number of nitrogens with two attached hydrogens (primary N) is 1. The molecule has 3 unspecified atom stereocenters. The molecule has 0 aliphatic heterocycles. The molecule has 1 fully saturated rings. The highest BCUT2D eigenvalue weighted by Crippen LogP contribution is 2.35. The predicted octanol–water partition coefficient (Wildman–Crippen LogP) is 3.11. The first-order valence-electron chi connectivity index (χ1n) is 5.53. The molecule has 76 valence electrons. The van der Waals surface area contributed by atoms with Gasteiger partial charge in [-0.2, -0.15) is 0 Å². The van der Waals surface area contributed by atoms with Crippen molar-refractivity contribution in [1.29, 1.82) is 0 Å². The molecule has 1 heteroatoms. The van der Waals surface area contributed by atoms with Crippen LogP contribution in [0.1, 0.15) is 46.0 Å². The zero-order valence-corrected chi connectivity index (χ0v) is 9.05. The van der Waals surface area contributed by atoms with Crippen molar-refractivity contribution in [2.45, 2.75) is 52.0 Å². The van der Waals surface area contributed by atoms with Gasteiger partial charge in [0.25, 0.3) is 0 Å². The van der Waals surface area contributed by atoms with Crippen LogP contribution in [0.5, 0.6) is 0 Å². The van der Waals surface area contributed by atoms with Gasteiger partial charge in [0.2, 0.25) is 0 Å². The summed E-state index contributed by atoms with van der Waals surface area (Å²) in [5, 5.41) is 0. The van der Waals surface area contributed by atoms with Crippen LogP contribution in [-0.2, 0) is 0 Å². The molecule has 0 heterocycles. The molecule has 0 amide bonds. The number of hydrogen-bond acceptors (Lipinski definition) is 1. The summed E-state index contributed by atoms with van der Waals surface area (Å²) in [5.74, 6) is 1.71. The van der Waals surface area contributed by atoms with Gasteiger partial charge in [0.05, 0.1) is 0 Å². The van der Waals surface area contributed by atoms with E-state index < -0.39 is 0 Å². The van der Waals surface area contributed by atoms with Crippen molar-refractivity contribution in [2.24, 2.45) is 17.6 Å². The number of hydrogen-bond donors (Lipinski definition) is 1. The third-order valence-corrected chi connectivity index (χ3v) is 3.35. The second-order valence-corrected chi connectivity index (χ2v) is 4.67. The van der Waals surface area contributed by atoms with Crippen molar-refractivity contribution in [3.63, 3.8) is 0 Å².